The summed E-state index contributed by atoms with van der Waals surface area (Å²) in [6, 6.07) is 4.65. The molecule has 4 aromatic carbocycles. The van der Waals surface area contributed by atoms with Gasteiger partial charge in [-0.05, 0) is 131 Å². The third-order valence-electron chi connectivity index (χ3n) is 9.99. The van der Waals surface area contributed by atoms with E-state index in [-0.39, 0.29) is 63.7 Å². The van der Waals surface area contributed by atoms with E-state index in [4.69, 9.17) is 49.5 Å². The van der Waals surface area contributed by atoms with Gasteiger partial charge in [0.2, 0.25) is 0 Å². The summed E-state index contributed by atoms with van der Waals surface area (Å²) < 4.78 is 43.4. The molecular formula is C43H47ClO13. The van der Waals surface area contributed by atoms with Crippen molar-refractivity contribution in [2.45, 2.75) is 69.2 Å². The first-order valence-corrected chi connectivity index (χ1v) is 18.1. The highest BCUT2D eigenvalue weighted by molar-refractivity contribution is 6.34. The molecule has 0 fully saturated rings. The lowest BCUT2D eigenvalue weighted by Crippen LogP contribution is -2.18. The number of benzene rings is 4. The number of methoxy groups -OCH3 is 3. The van der Waals surface area contributed by atoms with Gasteiger partial charge in [-0.1, -0.05) is 11.6 Å². The van der Waals surface area contributed by atoms with Crippen LogP contribution < -0.4 is 23.7 Å². The summed E-state index contributed by atoms with van der Waals surface area (Å²) in [4.78, 5) is 53.8. The fourth-order valence-electron chi connectivity index (χ4n) is 6.47. The number of phenols is 1. The van der Waals surface area contributed by atoms with Gasteiger partial charge < -0.3 is 43.0 Å². The zero-order valence-electron chi connectivity index (χ0n) is 34.4. The van der Waals surface area contributed by atoms with E-state index in [1.807, 2.05) is 0 Å². The zero-order valence-corrected chi connectivity index (χ0v) is 35.1. The zero-order chi connectivity index (χ0) is 42.6. The first-order chi connectivity index (χ1) is 26.8. The van der Waals surface area contributed by atoms with Crippen LogP contribution >= 0.6 is 11.6 Å². The molecule has 14 heteroatoms. The molecule has 1 N–H and O–H groups in total. The van der Waals surface area contributed by atoms with Crippen LogP contribution in [0.15, 0.2) is 18.2 Å². The van der Waals surface area contributed by atoms with Crippen molar-refractivity contribution >= 4 is 35.5 Å². The molecule has 13 nitrogen and oxygen atoms in total. The van der Waals surface area contributed by atoms with Crippen LogP contribution in [0.5, 0.6) is 34.5 Å². The maximum Gasteiger partial charge on any atom is 0.347 e. The highest BCUT2D eigenvalue weighted by Gasteiger charge is 2.30. The van der Waals surface area contributed by atoms with Crippen molar-refractivity contribution in [3.63, 3.8) is 0 Å². The number of hydrogen-bond donors (Lipinski definition) is 1. The van der Waals surface area contributed by atoms with Crippen molar-refractivity contribution in [3.8, 4) is 34.5 Å². The fraction of sp³-hybridized carbons (Fsp3) is 0.349. The Morgan fingerprint density at radius 1 is 0.526 bits per heavy atom. The standard InChI is InChI=1S/C43H47ClO13/c1-19-14-29(53-17-50-11)16-31(52-13)33(19)42(48)57-39-28(10)37(45)35(27(9)36(39)44)43(49)55-30-15-20(2)32(22(4)21(30)3)41(47)56-38-25(7)23(5)34(24(6)26(38)8)40(46)54-18-51-12/h14-16,45H,17-18H2,1-13H3. The van der Waals surface area contributed by atoms with E-state index < -0.39 is 29.6 Å². The number of aromatic hydroxyl groups is 1. The van der Waals surface area contributed by atoms with Gasteiger partial charge in [0.15, 0.2) is 19.3 Å². The number of ether oxygens (including phenoxy) is 8. The van der Waals surface area contributed by atoms with Crippen molar-refractivity contribution in [3.05, 3.63) is 101 Å². The first-order valence-electron chi connectivity index (χ1n) is 17.7. The molecule has 57 heavy (non-hydrogen) atoms. The topological polar surface area (TPSA) is 162 Å². The van der Waals surface area contributed by atoms with E-state index in [2.05, 4.69) is 0 Å². The Bertz CT molecular complexity index is 2230. The Labute approximate surface area is 336 Å². The molecule has 0 heterocycles. The van der Waals surface area contributed by atoms with Gasteiger partial charge in [0.05, 0.1) is 23.3 Å². The van der Waals surface area contributed by atoms with Crippen molar-refractivity contribution < 1.29 is 62.2 Å². The lowest BCUT2D eigenvalue weighted by atomic mass is 9.92. The number of phenolic OH excluding ortho intramolecular Hbond substituents is 1. The quantitative estimate of drug-likeness (QED) is 0.0778. The van der Waals surface area contributed by atoms with E-state index in [1.54, 1.807) is 61.5 Å². The number of esters is 4. The molecule has 0 bridgehead atoms. The summed E-state index contributed by atoms with van der Waals surface area (Å²) in [6.07, 6.45) is 0. The lowest BCUT2D eigenvalue weighted by Gasteiger charge is -2.21. The molecule has 0 saturated heterocycles. The minimum atomic E-state index is -0.935. The molecule has 0 spiro atoms. The minimum Gasteiger partial charge on any atom is -0.507 e. The number of hydrogen-bond acceptors (Lipinski definition) is 13. The minimum absolute atomic E-state index is 0.0129. The van der Waals surface area contributed by atoms with Crippen LogP contribution in [0.25, 0.3) is 0 Å². The highest BCUT2D eigenvalue weighted by Crippen LogP contribution is 2.43. The van der Waals surface area contributed by atoms with Gasteiger partial charge >= 0.3 is 23.9 Å². The fourth-order valence-corrected chi connectivity index (χ4v) is 6.74. The highest BCUT2D eigenvalue weighted by atomic mass is 35.5. The molecular weight excluding hydrogens is 760 g/mol. The molecule has 0 aromatic heterocycles. The summed E-state index contributed by atoms with van der Waals surface area (Å²) >= 11 is 6.70. The van der Waals surface area contributed by atoms with Gasteiger partial charge in [0.1, 0.15) is 39.9 Å². The van der Waals surface area contributed by atoms with Gasteiger partial charge in [-0.2, -0.15) is 0 Å². The van der Waals surface area contributed by atoms with E-state index in [9.17, 15) is 24.3 Å². The average Bonchev–Trinajstić information content (AvgIpc) is 3.16. The summed E-state index contributed by atoms with van der Waals surface area (Å²) in [7, 11) is 4.28. The van der Waals surface area contributed by atoms with E-state index >= 15 is 0 Å². The smallest absolute Gasteiger partial charge is 0.347 e. The lowest BCUT2D eigenvalue weighted by molar-refractivity contribution is -0.0126. The molecule has 0 aliphatic carbocycles. The van der Waals surface area contributed by atoms with Crippen LogP contribution in [0, 0.1) is 69.2 Å². The van der Waals surface area contributed by atoms with Gasteiger partial charge in [0.25, 0.3) is 0 Å². The predicted molar refractivity (Wildman–Crippen MR) is 211 cm³/mol. The van der Waals surface area contributed by atoms with Crippen molar-refractivity contribution in [2.75, 3.05) is 34.9 Å². The first kappa shape index (κ1) is 44.1. The molecule has 0 amide bonds. The molecule has 4 rings (SSSR count). The van der Waals surface area contributed by atoms with Crippen LogP contribution in [0.1, 0.15) is 97.1 Å². The molecule has 304 valence electrons. The number of carbonyl (C=O) groups excluding carboxylic acids is 4. The maximum absolute atomic E-state index is 13.8. The average molecular weight is 807 g/mol. The third kappa shape index (κ3) is 8.70. The largest absolute Gasteiger partial charge is 0.507 e. The van der Waals surface area contributed by atoms with Gasteiger partial charge in [-0.15, -0.1) is 0 Å². The van der Waals surface area contributed by atoms with E-state index in [0.717, 1.165) is 0 Å². The number of aryl methyl sites for hydroxylation is 2. The SMILES string of the molecule is COCOC(=O)c1c(C)c(C)c(OC(=O)c2c(C)cc(OC(=O)c3c(C)c(Cl)c(OC(=O)c4c(C)cc(OCOC)cc4OC)c(C)c3O)c(C)c2C)c(C)c1C. The monoisotopic (exact) mass is 806 g/mol. The van der Waals surface area contributed by atoms with E-state index in [1.165, 1.54) is 47.3 Å². The number of carbonyl (C=O) groups is 4. The van der Waals surface area contributed by atoms with Gasteiger partial charge in [-0.3, -0.25) is 0 Å². The van der Waals surface area contributed by atoms with Gasteiger partial charge in [0, 0.05) is 25.8 Å². The molecule has 0 radical (unpaired) electrons. The van der Waals surface area contributed by atoms with Crippen molar-refractivity contribution in [1.82, 2.24) is 0 Å². The number of halogens is 1. The summed E-state index contributed by atoms with van der Waals surface area (Å²) in [5.74, 6) is -2.58. The molecule has 0 saturated carbocycles. The normalized spacial score (nSPS) is 10.9. The van der Waals surface area contributed by atoms with Crippen molar-refractivity contribution in [1.29, 1.82) is 0 Å². The molecule has 0 atom stereocenters. The van der Waals surface area contributed by atoms with Crippen LogP contribution in [0.3, 0.4) is 0 Å². The summed E-state index contributed by atoms with van der Waals surface area (Å²) in [5, 5.41) is 11.2. The van der Waals surface area contributed by atoms with Crippen LogP contribution in [-0.4, -0.2) is 63.9 Å². The third-order valence-corrected chi connectivity index (χ3v) is 10.4. The Morgan fingerprint density at radius 3 is 1.63 bits per heavy atom. The van der Waals surface area contributed by atoms with E-state index in [0.29, 0.717) is 61.6 Å². The van der Waals surface area contributed by atoms with Crippen molar-refractivity contribution in [2.24, 2.45) is 0 Å². The van der Waals surface area contributed by atoms with Crippen LogP contribution in [0.2, 0.25) is 5.02 Å². The Morgan fingerprint density at radius 2 is 1.05 bits per heavy atom. The Kier molecular flexibility index (Phi) is 14.0. The summed E-state index contributed by atoms with van der Waals surface area (Å²) in [5.41, 5.74) is 4.88. The Hall–Kier alpha value is -5.63. The molecule has 0 aliphatic heterocycles. The second-order valence-corrected chi connectivity index (χ2v) is 13.9. The second kappa shape index (κ2) is 18.1. The van der Waals surface area contributed by atoms with Gasteiger partial charge in [-0.25, -0.2) is 19.2 Å². The molecule has 4 aromatic rings. The van der Waals surface area contributed by atoms with Crippen LogP contribution in [0.4, 0.5) is 0 Å². The predicted octanol–water partition coefficient (Wildman–Crippen LogP) is 8.54. The molecule has 0 aliphatic rings. The molecule has 0 unspecified atom stereocenters. The van der Waals surface area contributed by atoms with Crippen LogP contribution in [-0.2, 0) is 14.2 Å². The Balaban J connectivity index is 1.63. The number of rotatable bonds is 13. The second-order valence-electron chi connectivity index (χ2n) is 13.5. The summed E-state index contributed by atoms with van der Waals surface area (Å²) in [6.45, 7) is 16.4. The maximum atomic E-state index is 13.8.